The van der Waals surface area contributed by atoms with Crippen molar-refractivity contribution < 1.29 is 9.53 Å². The number of amides is 1. The van der Waals surface area contributed by atoms with Crippen LogP contribution in [0.3, 0.4) is 0 Å². The Balaban J connectivity index is 0.00000225. The Hall–Kier alpha value is -2.04. The summed E-state index contributed by atoms with van der Waals surface area (Å²) in [4.78, 5) is 14.6. The molecule has 0 saturated carbocycles. The fourth-order valence-corrected chi connectivity index (χ4v) is 3.18. The van der Waals surface area contributed by atoms with Crippen molar-refractivity contribution in [3.8, 4) is 5.75 Å². The van der Waals surface area contributed by atoms with Gasteiger partial charge >= 0.3 is 0 Å². The molecule has 2 aromatic carbocycles. The van der Waals surface area contributed by atoms with Crippen LogP contribution < -0.4 is 10.5 Å². The summed E-state index contributed by atoms with van der Waals surface area (Å²) in [6, 6.07) is 19.8. The van der Waals surface area contributed by atoms with Gasteiger partial charge in [0, 0.05) is 25.0 Å². The zero-order chi connectivity index (χ0) is 16.9. The van der Waals surface area contributed by atoms with Gasteiger partial charge in [0.15, 0.2) is 0 Å². The number of carbonyl (C=O) groups is 1. The summed E-state index contributed by atoms with van der Waals surface area (Å²) >= 11 is 0. The Kier molecular flexibility index (Phi) is 6.85. The molecule has 0 spiro atoms. The van der Waals surface area contributed by atoms with Crippen molar-refractivity contribution in [2.75, 3.05) is 19.7 Å². The predicted octanol–water partition coefficient (Wildman–Crippen LogP) is 3.08. The van der Waals surface area contributed by atoms with Crippen molar-refractivity contribution in [1.29, 1.82) is 0 Å². The fourth-order valence-electron chi connectivity index (χ4n) is 3.18. The second-order valence-electron chi connectivity index (χ2n) is 6.45. The lowest BCUT2D eigenvalue weighted by atomic mass is 9.95. The molecule has 25 heavy (non-hydrogen) atoms. The third-order valence-corrected chi connectivity index (χ3v) is 4.57. The maximum absolute atomic E-state index is 12.7. The Morgan fingerprint density at radius 2 is 1.72 bits per heavy atom. The minimum absolute atomic E-state index is 0. The number of benzene rings is 2. The molecule has 0 radical (unpaired) electrons. The normalized spacial score (nSPS) is 20.6. The number of nitrogens with two attached hydrogens (primary N) is 1. The van der Waals surface area contributed by atoms with Crippen LogP contribution in [0.5, 0.6) is 5.75 Å². The zero-order valence-corrected chi connectivity index (χ0v) is 15.2. The van der Waals surface area contributed by atoms with Gasteiger partial charge in [0.1, 0.15) is 5.75 Å². The van der Waals surface area contributed by atoms with Gasteiger partial charge in [-0.05, 0) is 17.7 Å². The average Bonchev–Trinajstić information content (AvgIpc) is 3.02. The van der Waals surface area contributed by atoms with Gasteiger partial charge in [0.2, 0.25) is 5.91 Å². The molecule has 134 valence electrons. The van der Waals surface area contributed by atoms with Crippen LogP contribution in [0.1, 0.15) is 18.4 Å². The summed E-state index contributed by atoms with van der Waals surface area (Å²) in [6.07, 6.45) is 0. The highest BCUT2D eigenvalue weighted by molar-refractivity contribution is 5.85. The van der Waals surface area contributed by atoms with Gasteiger partial charge in [-0.3, -0.25) is 4.79 Å². The van der Waals surface area contributed by atoms with Crippen LogP contribution >= 0.6 is 12.4 Å². The lowest BCUT2D eigenvalue weighted by Crippen LogP contribution is -2.37. The van der Waals surface area contributed by atoms with Crippen LogP contribution in [-0.4, -0.2) is 36.5 Å². The molecule has 0 aliphatic carbocycles. The van der Waals surface area contributed by atoms with Crippen LogP contribution in [0, 0.1) is 5.92 Å². The number of halogens is 1. The van der Waals surface area contributed by atoms with Crippen LogP contribution in [0.15, 0.2) is 60.7 Å². The van der Waals surface area contributed by atoms with E-state index >= 15 is 0 Å². The fraction of sp³-hybridized carbons (Fsp3) is 0.350. The van der Waals surface area contributed by atoms with E-state index in [4.69, 9.17) is 10.5 Å². The first-order valence-corrected chi connectivity index (χ1v) is 8.42. The SMILES string of the molecule is CC(COc1ccccc1)C(=O)N1C[C@@H](N)[C@H](c2ccccc2)C1.Cl. The molecule has 2 N–H and O–H groups in total. The standard InChI is InChI=1S/C20H24N2O2.ClH/c1-15(14-24-17-10-6-3-7-11-17)20(23)22-12-18(19(21)13-22)16-8-4-2-5-9-16;/h2-11,15,18-19H,12-14,21H2,1H3;1H/t15?,18-,19+;/m0./s1. The first-order valence-electron chi connectivity index (χ1n) is 8.42. The minimum atomic E-state index is -0.188. The molecule has 5 heteroatoms. The van der Waals surface area contributed by atoms with E-state index in [1.807, 2.05) is 60.4 Å². The smallest absolute Gasteiger partial charge is 0.228 e. The monoisotopic (exact) mass is 360 g/mol. The second kappa shape index (κ2) is 8.88. The molecule has 4 nitrogen and oxygen atoms in total. The van der Waals surface area contributed by atoms with Crippen LogP contribution in [0.2, 0.25) is 0 Å². The highest BCUT2D eigenvalue weighted by Gasteiger charge is 2.35. The van der Waals surface area contributed by atoms with Gasteiger partial charge in [0.05, 0.1) is 12.5 Å². The van der Waals surface area contributed by atoms with E-state index in [1.165, 1.54) is 5.56 Å². The molecule has 1 saturated heterocycles. The zero-order valence-electron chi connectivity index (χ0n) is 14.4. The lowest BCUT2D eigenvalue weighted by molar-refractivity contribution is -0.134. The van der Waals surface area contributed by atoms with Crippen molar-refractivity contribution in [2.24, 2.45) is 11.7 Å². The van der Waals surface area contributed by atoms with E-state index in [-0.39, 0.29) is 36.2 Å². The van der Waals surface area contributed by atoms with Crippen molar-refractivity contribution in [2.45, 2.75) is 18.9 Å². The van der Waals surface area contributed by atoms with Gasteiger partial charge in [-0.2, -0.15) is 0 Å². The number of hydrogen-bond acceptors (Lipinski definition) is 3. The molecule has 1 aliphatic heterocycles. The average molecular weight is 361 g/mol. The molecule has 2 aromatic rings. The summed E-state index contributed by atoms with van der Waals surface area (Å²) in [5, 5.41) is 0. The number of hydrogen-bond donors (Lipinski definition) is 1. The van der Waals surface area contributed by atoms with E-state index < -0.39 is 0 Å². The van der Waals surface area contributed by atoms with Crippen LogP contribution in [-0.2, 0) is 4.79 Å². The molecular formula is C20H25ClN2O2. The third-order valence-electron chi connectivity index (χ3n) is 4.57. The van der Waals surface area contributed by atoms with E-state index in [9.17, 15) is 4.79 Å². The van der Waals surface area contributed by atoms with E-state index in [1.54, 1.807) is 0 Å². The molecule has 1 amide bonds. The van der Waals surface area contributed by atoms with Crippen molar-refractivity contribution in [3.05, 3.63) is 66.2 Å². The minimum Gasteiger partial charge on any atom is -0.493 e. The Bertz CT molecular complexity index is 666. The molecule has 1 aliphatic rings. The van der Waals surface area contributed by atoms with Crippen molar-refractivity contribution >= 4 is 18.3 Å². The molecule has 3 rings (SSSR count). The Morgan fingerprint density at radius 3 is 2.36 bits per heavy atom. The van der Waals surface area contributed by atoms with Gasteiger partial charge < -0.3 is 15.4 Å². The summed E-state index contributed by atoms with van der Waals surface area (Å²) in [5.41, 5.74) is 7.48. The maximum Gasteiger partial charge on any atom is 0.228 e. The number of carbonyl (C=O) groups excluding carboxylic acids is 1. The topological polar surface area (TPSA) is 55.6 Å². The van der Waals surface area contributed by atoms with Crippen LogP contribution in [0.4, 0.5) is 0 Å². The van der Waals surface area contributed by atoms with E-state index in [2.05, 4.69) is 12.1 Å². The summed E-state index contributed by atoms with van der Waals surface area (Å²) in [7, 11) is 0. The predicted molar refractivity (Wildman–Crippen MR) is 102 cm³/mol. The molecule has 0 aromatic heterocycles. The largest absolute Gasteiger partial charge is 0.493 e. The second-order valence-corrected chi connectivity index (χ2v) is 6.45. The summed E-state index contributed by atoms with van der Waals surface area (Å²) < 4.78 is 5.71. The summed E-state index contributed by atoms with van der Waals surface area (Å²) in [5.74, 6) is 0.918. The molecular weight excluding hydrogens is 336 g/mol. The molecule has 1 heterocycles. The van der Waals surface area contributed by atoms with Crippen LogP contribution in [0.25, 0.3) is 0 Å². The molecule has 1 fully saturated rings. The number of nitrogens with zero attached hydrogens (tertiary/aromatic N) is 1. The van der Waals surface area contributed by atoms with Crippen molar-refractivity contribution in [3.63, 3.8) is 0 Å². The molecule has 0 bridgehead atoms. The van der Waals surface area contributed by atoms with E-state index in [0.29, 0.717) is 19.7 Å². The highest BCUT2D eigenvalue weighted by atomic mass is 35.5. The van der Waals surface area contributed by atoms with Gasteiger partial charge in [-0.15, -0.1) is 12.4 Å². The lowest BCUT2D eigenvalue weighted by Gasteiger charge is -2.21. The number of rotatable bonds is 5. The number of para-hydroxylation sites is 1. The molecule has 3 atom stereocenters. The quantitative estimate of drug-likeness (QED) is 0.891. The highest BCUT2D eigenvalue weighted by Crippen LogP contribution is 2.27. The van der Waals surface area contributed by atoms with Gasteiger partial charge in [0.25, 0.3) is 0 Å². The maximum atomic E-state index is 12.7. The van der Waals surface area contributed by atoms with E-state index in [0.717, 1.165) is 5.75 Å². The Labute approximate surface area is 155 Å². The number of ether oxygens (including phenoxy) is 1. The first kappa shape index (κ1) is 19.3. The van der Waals surface area contributed by atoms with Gasteiger partial charge in [-0.25, -0.2) is 0 Å². The molecule has 1 unspecified atom stereocenters. The summed E-state index contributed by atoms with van der Waals surface area (Å²) in [6.45, 7) is 3.57. The third kappa shape index (κ3) is 4.74. The first-order chi connectivity index (χ1) is 11.6. The number of likely N-dealkylation sites (tertiary alicyclic amines) is 1. The van der Waals surface area contributed by atoms with Crippen molar-refractivity contribution in [1.82, 2.24) is 4.90 Å². The van der Waals surface area contributed by atoms with Gasteiger partial charge in [-0.1, -0.05) is 55.5 Å². The Morgan fingerprint density at radius 1 is 1.12 bits per heavy atom.